The Morgan fingerprint density at radius 2 is 2.47 bits per heavy atom. The van der Waals surface area contributed by atoms with Gasteiger partial charge in [0.15, 0.2) is 0 Å². The lowest BCUT2D eigenvalue weighted by Gasteiger charge is -2.08. The average molecular weight is 208 g/mol. The number of carbonyl (C=O) groups is 1. The van der Waals surface area contributed by atoms with Crippen molar-refractivity contribution in [1.29, 1.82) is 0 Å². The number of halogens is 1. The average Bonchev–Trinajstić information content (AvgIpc) is 2.66. The third kappa shape index (κ3) is 2.15. The van der Waals surface area contributed by atoms with Crippen LogP contribution in [-0.2, 0) is 4.79 Å². The standard InChI is InChI=1S/C11H11FNO2/c12-9-3-1-2-7(4-9)8-5-10(11(14)15)13-6-8/h1-2,4,8,10,13H,5-6H2,(H,14,15)/t8-,10-/m0/s1. The maximum atomic E-state index is 12.9. The SMILES string of the molecule is O=C(O)[C@@H]1C[C@H](c2cc[c]c(F)c2)CN1. The van der Waals surface area contributed by atoms with E-state index in [-0.39, 0.29) is 5.92 Å². The molecule has 1 aliphatic rings. The molecule has 79 valence electrons. The molecule has 0 aliphatic carbocycles. The Labute approximate surface area is 86.9 Å². The fourth-order valence-electron chi connectivity index (χ4n) is 1.89. The van der Waals surface area contributed by atoms with Crippen molar-refractivity contribution in [1.82, 2.24) is 5.32 Å². The number of aliphatic carboxylic acids is 1. The lowest BCUT2D eigenvalue weighted by molar-refractivity contribution is -0.139. The summed E-state index contributed by atoms with van der Waals surface area (Å²) in [7, 11) is 0. The van der Waals surface area contributed by atoms with Crippen molar-refractivity contribution in [2.24, 2.45) is 0 Å². The summed E-state index contributed by atoms with van der Waals surface area (Å²) in [5.41, 5.74) is 0.836. The van der Waals surface area contributed by atoms with E-state index in [1.54, 1.807) is 6.07 Å². The Morgan fingerprint density at radius 3 is 3.07 bits per heavy atom. The first kappa shape index (κ1) is 10.1. The zero-order chi connectivity index (χ0) is 10.8. The number of carboxylic acid groups (broad SMARTS) is 1. The van der Waals surface area contributed by atoms with Crippen LogP contribution in [0.15, 0.2) is 18.2 Å². The van der Waals surface area contributed by atoms with Crippen LogP contribution in [0.1, 0.15) is 17.9 Å². The molecule has 1 aromatic carbocycles. The molecular formula is C11H11FNO2. The largest absolute Gasteiger partial charge is 0.480 e. The second-order valence-corrected chi connectivity index (χ2v) is 3.70. The van der Waals surface area contributed by atoms with Crippen molar-refractivity contribution in [2.45, 2.75) is 18.4 Å². The monoisotopic (exact) mass is 208 g/mol. The molecule has 2 rings (SSSR count). The molecule has 1 saturated heterocycles. The molecule has 0 saturated carbocycles. The molecule has 1 aliphatic heterocycles. The fourth-order valence-corrected chi connectivity index (χ4v) is 1.89. The molecule has 0 spiro atoms. The quantitative estimate of drug-likeness (QED) is 0.766. The Hall–Kier alpha value is -1.42. The molecule has 15 heavy (non-hydrogen) atoms. The van der Waals surface area contributed by atoms with Gasteiger partial charge in [-0.05, 0) is 24.0 Å². The lowest BCUT2D eigenvalue weighted by Crippen LogP contribution is -2.29. The molecule has 1 aromatic rings. The molecule has 0 aromatic heterocycles. The van der Waals surface area contributed by atoms with Crippen LogP contribution in [0.3, 0.4) is 0 Å². The van der Waals surface area contributed by atoms with E-state index in [1.807, 2.05) is 0 Å². The van der Waals surface area contributed by atoms with Gasteiger partial charge in [0.2, 0.25) is 0 Å². The molecule has 3 nitrogen and oxygen atoms in total. The molecule has 4 heteroatoms. The fraction of sp³-hybridized carbons (Fsp3) is 0.364. The Kier molecular flexibility index (Phi) is 2.68. The molecule has 2 N–H and O–H groups in total. The predicted octanol–water partition coefficient (Wildman–Crippen LogP) is 1.16. The highest BCUT2D eigenvalue weighted by Gasteiger charge is 2.29. The van der Waals surface area contributed by atoms with Crippen LogP contribution in [0.4, 0.5) is 4.39 Å². The summed E-state index contributed by atoms with van der Waals surface area (Å²) in [6.07, 6.45) is 0.513. The number of rotatable bonds is 2. The highest BCUT2D eigenvalue weighted by Crippen LogP contribution is 2.25. The van der Waals surface area contributed by atoms with Gasteiger partial charge in [-0.3, -0.25) is 4.79 Å². The summed E-state index contributed by atoms with van der Waals surface area (Å²) in [6.45, 7) is 0.584. The molecule has 0 bridgehead atoms. The van der Waals surface area contributed by atoms with Gasteiger partial charge >= 0.3 is 5.97 Å². The van der Waals surface area contributed by atoms with Gasteiger partial charge in [-0.2, -0.15) is 0 Å². The van der Waals surface area contributed by atoms with Crippen LogP contribution in [0, 0.1) is 11.9 Å². The highest BCUT2D eigenvalue weighted by molar-refractivity contribution is 5.74. The van der Waals surface area contributed by atoms with Gasteiger partial charge < -0.3 is 10.4 Å². The van der Waals surface area contributed by atoms with Crippen molar-refractivity contribution in [3.05, 3.63) is 35.6 Å². The maximum Gasteiger partial charge on any atom is 0.320 e. The van der Waals surface area contributed by atoms with Crippen LogP contribution in [0.2, 0.25) is 0 Å². The number of benzene rings is 1. The van der Waals surface area contributed by atoms with Crippen LogP contribution >= 0.6 is 0 Å². The smallest absolute Gasteiger partial charge is 0.320 e. The molecular weight excluding hydrogens is 197 g/mol. The minimum absolute atomic E-state index is 0.0789. The second kappa shape index (κ2) is 3.98. The van der Waals surface area contributed by atoms with Crippen LogP contribution in [0.5, 0.6) is 0 Å². The van der Waals surface area contributed by atoms with Gasteiger partial charge in [-0.25, -0.2) is 4.39 Å². The van der Waals surface area contributed by atoms with E-state index >= 15 is 0 Å². The van der Waals surface area contributed by atoms with Gasteiger partial charge in [0, 0.05) is 12.6 Å². The molecule has 0 unspecified atom stereocenters. The first-order valence-electron chi connectivity index (χ1n) is 4.80. The van der Waals surface area contributed by atoms with Crippen LogP contribution in [-0.4, -0.2) is 23.7 Å². The van der Waals surface area contributed by atoms with E-state index in [4.69, 9.17) is 5.11 Å². The number of hydrogen-bond acceptors (Lipinski definition) is 2. The summed E-state index contributed by atoms with van der Waals surface area (Å²) in [4.78, 5) is 10.7. The van der Waals surface area contributed by atoms with Crippen LogP contribution in [0.25, 0.3) is 0 Å². The number of carboxylic acids is 1. The first-order chi connectivity index (χ1) is 7.16. The van der Waals surface area contributed by atoms with E-state index in [2.05, 4.69) is 11.4 Å². The van der Waals surface area contributed by atoms with Crippen molar-refractivity contribution in [3.8, 4) is 0 Å². The molecule has 1 fully saturated rings. The third-order valence-corrected chi connectivity index (χ3v) is 2.69. The molecule has 1 heterocycles. The van der Waals surface area contributed by atoms with E-state index in [1.165, 1.54) is 12.1 Å². The summed E-state index contributed by atoms with van der Waals surface area (Å²) >= 11 is 0. The van der Waals surface area contributed by atoms with E-state index in [9.17, 15) is 9.18 Å². The normalized spacial score (nSPS) is 25.4. The zero-order valence-corrected chi connectivity index (χ0v) is 8.03. The minimum Gasteiger partial charge on any atom is -0.480 e. The summed E-state index contributed by atoms with van der Waals surface area (Å²) in [6, 6.07) is 6.63. The van der Waals surface area contributed by atoms with Gasteiger partial charge in [0.1, 0.15) is 11.9 Å². The van der Waals surface area contributed by atoms with Gasteiger partial charge in [0.25, 0.3) is 0 Å². The van der Waals surface area contributed by atoms with E-state index in [0.717, 1.165) is 5.56 Å². The predicted molar refractivity (Wildman–Crippen MR) is 52.0 cm³/mol. The van der Waals surface area contributed by atoms with Crippen LogP contribution < -0.4 is 5.32 Å². The second-order valence-electron chi connectivity index (χ2n) is 3.70. The van der Waals surface area contributed by atoms with E-state index in [0.29, 0.717) is 13.0 Å². The van der Waals surface area contributed by atoms with Gasteiger partial charge in [0.05, 0.1) is 0 Å². The van der Waals surface area contributed by atoms with Crippen molar-refractivity contribution in [2.75, 3.05) is 6.54 Å². The maximum absolute atomic E-state index is 12.9. The number of hydrogen-bond donors (Lipinski definition) is 2. The molecule has 0 amide bonds. The number of nitrogens with one attached hydrogen (secondary N) is 1. The van der Waals surface area contributed by atoms with Gasteiger partial charge in [-0.1, -0.05) is 12.1 Å². The van der Waals surface area contributed by atoms with E-state index < -0.39 is 17.8 Å². The first-order valence-corrected chi connectivity index (χ1v) is 4.80. The summed E-state index contributed by atoms with van der Waals surface area (Å²) in [5, 5.41) is 11.7. The minimum atomic E-state index is -0.847. The lowest BCUT2D eigenvalue weighted by atomic mass is 9.96. The Morgan fingerprint density at radius 1 is 1.67 bits per heavy atom. The van der Waals surface area contributed by atoms with Crippen molar-refractivity contribution >= 4 is 5.97 Å². The third-order valence-electron chi connectivity index (χ3n) is 2.69. The highest BCUT2D eigenvalue weighted by atomic mass is 19.1. The molecule has 2 atom stereocenters. The van der Waals surface area contributed by atoms with Crippen molar-refractivity contribution < 1.29 is 14.3 Å². The zero-order valence-electron chi connectivity index (χ0n) is 8.03. The topological polar surface area (TPSA) is 49.3 Å². The molecule has 1 radical (unpaired) electrons. The Balaban J connectivity index is 2.11. The summed E-state index contributed by atoms with van der Waals surface area (Å²) < 4.78 is 12.9. The summed E-state index contributed by atoms with van der Waals surface area (Å²) in [5.74, 6) is -1.16. The Bertz CT molecular complexity index is 381. The van der Waals surface area contributed by atoms with Gasteiger partial charge in [-0.15, -0.1) is 0 Å². The van der Waals surface area contributed by atoms with Crippen molar-refractivity contribution in [3.63, 3.8) is 0 Å².